The van der Waals surface area contributed by atoms with Gasteiger partial charge in [0.2, 0.25) is 0 Å². The number of furan rings is 1. The first-order valence-electron chi connectivity index (χ1n) is 12.7. The largest absolute Gasteiger partial charge is 0.490 e. The van der Waals surface area contributed by atoms with E-state index in [4.69, 9.17) is 13.9 Å². The first kappa shape index (κ1) is 27.6. The highest BCUT2D eigenvalue weighted by atomic mass is 79.9. The molecule has 4 aromatic rings. The first-order chi connectivity index (χ1) is 19.3. The highest BCUT2D eigenvalue weighted by molar-refractivity contribution is 9.10. The van der Waals surface area contributed by atoms with Gasteiger partial charge in [0.15, 0.2) is 4.80 Å². The lowest BCUT2D eigenvalue weighted by molar-refractivity contribution is -0.139. The number of allylic oxidation sites excluding steroid dienone is 1. The van der Waals surface area contributed by atoms with Crippen LogP contribution in [0.3, 0.4) is 0 Å². The Balaban J connectivity index is 1.60. The van der Waals surface area contributed by atoms with Crippen LogP contribution in [0.5, 0.6) is 5.75 Å². The van der Waals surface area contributed by atoms with Crippen molar-refractivity contribution in [2.24, 2.45) is 4.99 Å². The second kappa shape index (κ2) is 11.7. The van der Waals surface area contributed by atoms with Crippen LogP contribution in [0.25, 0.3) is 17.4 Å². The van der Waals surface area contributed by atoms with Gasteiger partial charge in [-0.15, -0.1) is 0 Å². The molecule has 0 N–H and O–H groups in total. The number of carbonyl (C=O) groups excluding carboxylic acids is 1. The number of ether oxygens (including phenoxy) is 2. The number of hydrogen-bond donors (Lipinski definition) is 0. The Bertz CT molecular complexity index is 1810. The van der Waals surface area contributed by atoms with Crippen LogP contribution < -0.4 is 19.6 Å². The predicted octanol–water partition coefficient (Wildman–Crippen LogP) is 5.69. The predicted molar refractivity (Wildman–Crippen MR) is 159 cm³/mol. The van der Waals surface area contributed by atoms with Crippen molar-refractivity contribution in [1.82, 2.24) is 4.57 Å². The highest BCUT2D eigenvalue weighted by Gasteiger charge is 2.33. The summed E-state index contributed by atoms with van der Waals surface area (Å²) in [4.78, 5) is 32.0. The Morgan fingerprint density at radius 2 is 1.95 bits per heavy atom. The number of halogens is 1. The van der Waals surface area contributed by atoms with Crippen molar-refractivity contribution >= 4 is 39.3 Å². The maximum Gasteiger partial charge on any atom is 0.338 e. The number of nitrogens with zero attached hydrogens (tertiary/aromatic N) is 2. The van der Waals surface area contributed by atoms with Crippen LogP contribution in [0.2, 0.25) is 0 Å². The lowest BCUT2D eigenvalue weighted by atomic mass is 9.96. The summed E-state index contributed by atoms with van der Waals surface area (Å²) in [7, 11) is 0. The van der Waals surface area contributed by atoms with Gasteiger partial charge in [-0.25, -0.2) is 9.79 Å². The van der Waals surface area contributed by atoms with Gasteiger partial charge in [-0.3, -0.25) is 9.36 Å². The number of rotatable bonds is 8. The number of fused-ring (bicyclic) bond motifs is 1. The Hall–Kier alpha value is -3.95. The fourth-order valence-corrected chi connectivity index (χ4v) is 6.25. The quantitative estimate of drug-likeness (QED) is 0.187. The van der Waals surface area contributed by atoms with E-state index in [1.807, 2.05) is 49.4 Å². The van der Waals surface area contributed by atoms with Crippen LogP contribution in [-0.2, 0) is 9.53 Å². The average Bonchev–Trinajstić information content (AvgIpc) is 3.51. The minimum absolute atomic E-state index is 0.207. The van der Waals surface area contributed by atoms with Gasteiger partial charge in [0.05, 0.1) is 28.5 Å². The van der Waals surface area contributed by atoms with Gasteiger partial charge in [0.1, 0.15) is 23.9 Å². The van der Waals surface area contributed by atoms with Crippen LogP contribution in [-0.4, -0.2) is 23.8 Å². The van der Waals surface area contributed by atoms with Crippen molar-refractivity contribution in [3.63, 3.8) is 0 Å². The Morgan fingerprint density at radius 1 is 1.18 bits per heavy atom. The number of thiazole rings is 1. The number of esters is 1. The average molecular weight is 620 g/mol. The van der Waals surface area contributed by atoms with E-state index < -0.39 is 12.0 Å². The molecule has 2 aromatic carbocycles. The molecule has 0 radical (unpaired) electrons. The molecular formula is C31H27BrN2O5S. The summed E-state index contributed by atoms with van der Waals surface area (Å²) in [6, 6.07) is 16.3. The molecule has 2 aromatic heterocycles. The van der Waals surface area contributed by atoms with Crippen molar-refractivity contribution in [2.75, 3.05) is 13.2 Å². The molecule has 1 atom stereocenters. The normalized spacial score (nSPS) is 15.0. The Labute approximate surface area is 243 Å². The van der Waals surface area contributed by atoms with E-state index in [1.165, 1.54) is 11.3 Å². The van der Waals surface area contributed by atoms with Crippen LogP contribution in [0.1, 0.15) is 36.8 Å². The van der Waals surface area contributed by atoms with Crippen molar-refractivity contribution < 1.29 is 18.7 Å². The number of aryl methyl sites for hydroxylation is 1. The van der Waals surface area contributed by atoms with Gasteiger partial charge in [-0.1, -0.05) is 58.1 Å². The fourth-order valence-electron chi connectivity index (χ4n) is 4.53. The number of carbonyl (C=O) groups is 1. The molecule has 7 nitrogen and oxygen atoms in total. The van der Waals surface area contributed by atoms with Gasteiger partial charge >= 0.3 is 5.97 Å². The third-order valence-electron chi connectivity index (χ3n) is 6.37. The zero-order valence-electron chi connectivity index (χ0n) is 22.3. The number of aromatic nitrogens is 1. The number of hydrogen-bond acceptors (Lipinski definition) is 7. The lowest BCUT2D eigenvalue weighted by Gasteiger charge is -2.24. The first-order valence-corrected chi connectivity index (χ1v) is 14.3. The molecule has 0 saturated heterocycles. The molecule has 0 spiro atoms. The molecule has 5 rings (SSSR count). The molecule has 0 fully saturated rings. The second-order valence-corrected chi connectivity index (χ2v) is 11.0. The Morgan fingerprint density at radius 3 is 2.65 bits per heavy atom. The van der Waals surface area contributed by atoms with E-state index in [2.05, 4.69) is 27.5 Å². The minimum atomic E-state index is -0.707. The van der Waals surface area contributed by atoms with Gasteiger partial charge in [0, 0.05) is 16.1 Å². The molecule has 0 saturated carbocycles. The summed E-state index contributed by atoms with van der Waals surface area (Å²) in [6.45, 7) is 9.78. The van der Waals surface area contributed by atoms with E-state index in [0.29, 0.717) is 44.5 Å². The third kappa shape index (κ3) is 5.39. The van der Waals surface area contributed by atoms with Gasteiger partial charge in [-0.05, 0) is 68.3 Å². The molecular weight excluding hydrogens is 592 g/mol. The Kier molecular flexibility index (Phi) is 8.04. The second-order valence-electron chi connectivity index (χ2n) is 9.16. The molecule has 0 aliphatic carbocycles. The van der Waals surface area contributed by atoms with Crippen LogP contribution in [0.15, 0.2) is 97.2 Å². The van der Waals surface area contributed by atoms with E-state index in [0.717, 1.165) is 21.2 Å². The van der Waals surface area contributed by atoms with Crippen molar-refractivity contribution in [3.8, 4) is 17.1 Å². The summed E-state index contributed by atoms with van der Waals surface area (Å²) in [6.07, 6.45) is 3.38. The maximum atomic E-state index is 13.8. The maximum absolute atomic E-state index is 13.8. The van der Waals surface area contributed by atoms with Crippen LogP contribution in [0.4, 0.5) is 0 Å². The van der Waals surface area contributed by atoms with Crippen LogP contribution in [0, 0.1) is 6.92 Å². The van der Waals surface area contributed by atoms with E-state index >= 15 is 0 Å². The molecule has 3 heterocycles. The monoisotopic (exact) mass is 618 g/mol. The molecule has 0 bridgehead atoms. The number of benzene rings is 2. The van der Waals surface area contributed by atoms with Gasteiger partial charge < -0.3 is 13.9 Å². The molecule has 40 heavy (non-hydrogen) atoms. The molecule has 0 amide bonds. The van der Waals surface area contributed by atoms with Gasteiger partial charge in [0.25, 0.3) is 5.56 Å². The smallest absolute Gasteiger partial charge is 0.338 e. The van der Waals surface area contributed by atoms with E-state index in [9.17, 15) is 9.59 Å². The van der Waals surface area contributed by atoms with Crippen molar-refractivity contribution in [2.45, 2.75) is 26.8 Å². The van der Waals surface area contributed by atoms with Crippen LogP contribution >= 0.6 is 27.3 Å². The van der Waals surface area contributed by atoms with E-state index in [-0.39, 0.29) is 12.2 Å². The summed E-state index contributed by atoms with van der Waals surface area (Å²) < 4.78 is 20.0. The van der Waals surface area contributed by atoms with E-state index in [1.54, 1.807) is 42.7 Å². The zero-order valence-corrected chi connectivity index (χ0v) is 24.7. The third-order valence-corrected chi connectivity index (χ3v) is 8.01. The highest BCUT2D eigenvalue weighted by Crippen LogP contribution is 2.32. The standard InChI is InChI=1S/C31H27BrN2O5S/c1-5-15-38-21-10-8-20(9-11-21)28-27(30(36)37-6-2)19(4)33-31-34(28)29(35)26(40-31)17-22-12-14-25(39-22)23-13-7-18(3)16-24(23)32/h5,7-14,16-17,28H,1,6,15H2,2-4H3/b26-17-/t28-/m1/s1. The summed E-state index contributed by atoms with van der Waals surface area (Å²) in [5.41, 5.74) is 3.35. The summed E-state index contributed by atoms with van der Waals surface area (Å²) >= 11 is 4.85. The fraction of sp³-hybridized carbons (Fsp3) is 0.194. The lowest BCUT2D eigenvalue weighted by Crippen LogP contribution is -2.39. The molecule has 9 heteroatoms. The van der Waals surface area contributed by atoms with Gasteiger partial charge in [-0.2, -0.15) is 0 Å². The molecule has 1 aliphatic rings. The SMILES string of the molecule is C=CCOc1ccc([C@@H]2C(C(=O)OCC)=C(C)N=c3s/c(=C\c4ccc(-c5ccc(C)cc5Br)o4)c(=O)n32)cc1. The molecule has 204 valence electrons. The zero-order chi connectivity index (χ0) is 28.4. The summed E-state index contributed by atoms with van der Waals surface area (Å²) in [5.74, 6) is 1.37. The van der Waals surface area contributed by atoms with Crippen molar-refractivity contribution in [1.29, 1.82) is 0 Å². The summed E-state index contributed by atoms with van der Waals surface area (Å²) in [5, 5.41) is 0. The topological polar surface area (TPSA) is 83.0 Å². The molecule has 1 aliphatic heterocycles. The molecule has 0 unspecified atom stereocenters. The minimum Gasteiger partial charge on any atom is -0.490 e. The van der Waals surface area contributed by atoms with Crippen molar-refractivity contribution in [3.05, 3.63) is 120 Å².